The lowest BCUT2D eigenvalue weighted by Crippen LogP contribution is -1.96. The van der Waals surface area contributed by atoms with Gasteiger partial charge in [-0.2, -0.15) is 0 Å². The van der Waals surface area contributed by atoms with Crippen molar-refractivity contribution in [2.45, 2.75) is 20.0 Å². The number of benzene rings is 1. The van der Waals surface area contributed by atoms with Crippen LogP contribution in [0.15, 0.2) is 12.1 Å². The first-order valence-electron chi connectivity index (χ1n) is 3.72. The van der Waals surface area contributed by atoms with Crippen molar-refractivity contribution < 1.29 is 4.39 Å². The highest BCUT2D eigenvalue weighted by atomic mass is 127. The Morgan fingerprint density at radius 1 is 1.50 bits per heavy atom. The van der Waals surface area contributed by atoms with Gasteiger partial charge in [-0.3, -0.25) is 0 Å². The van der Waals surface area contributed by atoms with Crippen molar-refractivity contribution >= 4 is 28.3 Å². The van der Waals surface area contributed by atoms with Gasteiger partial charge in [0.05, 0.1) is 0 Å². The normalized spacial score (nSPS) is 13.0. The Labute approximate surface area is 85.3 Å². The average Bonchev–Trinajstić information content (AvgIpc) is 1.96. The molecule has 1 aromatic rings. The zero-order valence-corrected chi connectivity index (χ0v) is 9.22. The van der Waals surface area contributed by atoms with Crippen molar-refractivity contribution in [1.82, 2.24) is 0 Å². The summed E-state index contributed by atoms with van der Waals surface area (Å²) in [5.41, 5.74) is 8.00. The number of alkyl halides is 1. The molecule has 2 N–H and O–H groups in total. The van der Waals surface area contributed by atoms with E-state index in [9.17, 15) is 4.39 Å². The Kier molecular flexibility index (Phi) is 2.93. The van der Waals surface area contributed by atoms with Gasteiger partial charge in [0.1, 0.15) is 6.17 Å². The Morgan fingerprint density at radius 3 is 2.58 bits per heavy atom. The molecular formula is C9H11FIN. The van der Waals surface area contributed by atoms with Gasteiger partial charge in [0, 0.05) is 14.8 Å². The molecule has 0 saturated carbocycles. The van der Waals surface area contributed by atoms with Gasteiger partial charge in [-0.1, -0.05) is 0 Å². The van der Waals surface area contributed by atoms with Crippen molar-refractivity contribution in [3.05, 3.63) is 26.8 Å². The van der Waals surface area contributed by atoms with E-state index in [0.717, 1.165) is 9.13 Å². The molecule has 1 unspecified atom stereocenters. The summed E-state index contributed by atoms with van der Waals surface area (Å²) in [5.74, 6) is 0. The van der Waals surface area contributed by atoms with Crippen LogP contribution in [0.1, 0.15) is 24.2 Å². The van der Waals surface area contributed by atoms with E-state index in [-0.39, 0.29) is 0 Å². The summed E-state index contributed by atoms with van der Waals surface area (Å²) in [7, 11) is 0. The molecule has 1 aromatic carbocycles. The Morgan fingerprint density at radius 2 is 2.08 bits per heavy atom. The fourth-order valence-electron chi connectivity index (χ4n) is 1.01. The highest BCUT2D eigenvalue weighted by Crippen LogP contribution is 2.26. The quantitative estimate of drug-likeness (QED) is 0.620. The molecule has 0 spiro atoms. The molecule has 0 aliphatic rings. The minimum Gasteiger partial charge on any atom is -0.399 e. The lowest BCUT2D eigenvalue weighted by Gasteiger charge is -2.08. The summed E-state index contributed by atoms with van der Waals surface area (Å²) in [5, 5.41) is 0. The Bertz CT molecular complexity index is 297. The van der Waals surface area contributed by atoms with Gasteiger partial charge in [0.15, 0.2) is 0 Å². The van der Waals surface area contributed by atoms with Crippen molar-refractivity contribution in [2.24, 2.45) is 0 Å². The average molecular weight is 279 g/mol. The maximum atomic E-state index is 12.9. The molecule has 1 nitrogen and oxygen atoms in total. The number of hydrogen-bond donors (Lipinski definition) is 1. The van der Waals surface area contributed by atoms with E-state index in [1.165, 1.54) is 6.92 Å². The van der Waals surface area contributed by atoms with Crippen molar-refractivity contribution in [1.29, 1.82) is 0 Å². The first kappa shape index (κ1) is 9.77. The number of nitrogens with two attached hydrogens (primary N) is 1. The van der Waals surface area contributed by atoms with E-state index in [1.807, 2.05) is 13.0 Å². The molecule has 0 fully saturated rings. The Balaban J connectivity index is 3.23. The van der Waals surface area contributed by atoms with E-state index in [1.54, 1.807) is 6.07 Å². The first-order valence-corrected chi connectivity index (χ1v) is 4.80. The fraction of sp³-hybridized carbons (Fsp3) is 0.333. The van der Waals surface area contributed by atoms with Crippen LogP contribution >= 0.6 is 22.6 Å². The standard InChI is InChI=1S/C9H11FIN/c1-5-3-8(11)7(6(2)10)4-9(5)12/h3-4,6H,12H2,1-2H3. The zero-order valence-electron chi connectivity index (χ0n) is 7.07. The van der Waals surface area contributed by atoms with E-state index >= 15 is 0 Å². The maximum absolute atomic E-state index is 12.9. The third kappa shape index (κ3) is 1.88. The predicted molar refractivity (Wildman–Crippen MR) is 57.8 cm³/mol. The lowest BCUT2D eigenvalue weighted by atomic mass is 10.1. The van der Waals surface area contributed by atoms with Crippen LogP contribution in [0.2, 0.25) is 0 Å². The Hall–Kier alpha value is -0.320. The molecule has 0 amide bonds. The van der Waals surface area contributed by atoms with Crippen LogP contribution in [0.3, 0.4) is 0 Å². The monoisotopic (exact) mass is 279 g/mol. The van der Waals surface area contributed by atoms with Crippen LogP contribution in [-0.4, -0.2) is 0 Å². The third-order valence-corrected chi connectivity index (χ3v) is 2.75. The number of aryl methyl sites for hydroxylation is 1. The summed E-state index contributed by atoms with van der Waals surface area (Å²) >= 11 is 2.12. The van der Waals surface area contributed by atoms with Gasteiger partial charge in [0.25, 0.3) is 0 Å². The first-order chi connectivity index (χ1) is 5.52. The van der Waals surface area contributed by atoms with Gasteiger partial charge in [-0.15, -0.1) is 0 Å². The summed E-state index contributed by atoms with van der Waals surface area (Å²) in [4.78, 5) is 0. The van der Waals surface area contributed by atoms with Crippen molar-refractivity contribution in [3.8, 4) is 0 Å². The largest absolute Gasteiger partial charge is 0.399 e. The molecule has 66 valence electrons. The topological polar surface area (TPSA) is 26.0 Å². The summed E-state index contributed by atoms with van der Waals surface area (Å²) < 4.78 is 13.9. The van der Waals surface area contributed by atoms with Crippen molar-refractivity contribution in [2.75, 3.05) is 5.73 Å². The lowest BCUT2D eigenvalue weighted by molar-refractivity contribution is 0.373. The van der Waals surface area contributed by atoms with Gasteiger partial charge in [0.2, 0.25) is 0 Å². The van der Waals surface area contributed by atoms with Crippen LogP contribution < -0.4 is 5.73 Å². The molecule has 0 heterocycles. The second-order valence-electron chi connectivity index (χ2n) is 2.85. The number of anilines is 1. The zero-order chi connectivity index (χ0) is 9.30. The highest BCUT2D eigenvalue weighted by molar-refractivity contribution is 14.1. The molecule has 0 saturated heterocycles. The van der Waals surface area contributed by atoms with Crippen LogP contribution in [-0.2, 0) is 0 Å². The highest BCUT2D eigenvalue weighted by Gasteiger charge is 2.09. The van der Waals surface area contributed by atoms with Crippen molar-refractivity contribution in [3.63, 3.8) is 0 Å². The molecule has 1 atom stereocenters. The molecule has 12 heavy (non-hydrogen) atoms. The minimum atomic E-state index is -0.945. The van der Waals surface area contributed by atoms with E-state index < -0.39 is 6.17 Å². The number of nitrogen functional groups attached to an aromatic ring is 1. The molecule has 0 aliphatic heterocycles. The van der Waals surface area contributed by atoms with E-state index in [4.69, 9.17) is 5.73 Å². The second-order valence-corrected chi connectivity index (χ2v) is 4.01. The summed E-state index contributed by atoms with van der Waals surface area (Å²) in [6.45, 7) is 3.44. The third-order valence-electron chi connectivity index (χ3n) is 1.81. The van der Waals surface area contributed by atoms with E-state index in [2.05, 4.69) is 22.6 Å². The SMILES string of the molecule is Cc1cc(I)c(C(C)F)cc1N. The summed E-state index contributed by atoms with van der Waals surface area (Å²) in [6.07, 6.45) is -0.945. The van der Waals surface area contributed by atoms with Crippen LogP contribution in [0, 0.1) is 10.5 Å². The molecule has 1 rings (SSSR count). The van der Waals surface area contributed by atoms with Crippen LogP contribution in [0.25, 0.3) is 0 Å². The van der Waals surface area contributed by atoms with Gasteiger partial charge < -0.3 is 5.73 Å². The van der Waals surface area contributed by atoms with Gasteiger partial charge in [-0.05, 0) is 54.1 Å². The van der Waals surface area contributed by atoms with Gasteiger partial charge >= 0.3 is 0 Å². The van der Waals surface area contributed by atoms with Gasteiger partial charge in [-0.25, -0.2) is 4.39 Å². The summed E-state index contributed by atoms with van der Waals surface area (Å²) in [6, 6.07) is 3.61. The molecular weight excluding hydrogens is 268 g/mol. The molecule has 0 aliphatic carbocycles. The number of hydrogen-bond acceptors (Lipinski definition) is 1. The molecule has 3 heteroatoms. The number of halogens is 2. The molecule has 0 radical (unpaired) electrons. The fourth-order valence-corrected chi connectivity index (χ4v) is 2.06. The predicted octanol–water partition coefficient (Wildman–Crippen LogP) is 3.21. The minimum absolute atomic E-state index is 0.662. The second kappa shape index (κ2) is 3.60. The van der Waals surface area contributed by atoms with Crippen LogP contribution in [0.4, 0.5) is 10.1 Å². The number of rotatable bonds is 1. The molecule has 0 aromatic heterocycles. The maximum Gasteiger partial charge on any atom is 0.123 e. The van der Waals surface area contributed by atoms with Crippen LogP contribution in [0.5, 0.6) is 0 Å². The molecule has 0 bridgehead atoms. The smallest absolute Gasteiger partial charge is 0.123 e. The van der Waals surface area contributed by atoms with E-state index in [0.29, 0.717) is 11.3 Å².